The van der Waals surface area contributed by atoms with E-state index >= 15 is 0 Å². The molecular weight excluding hydrogens is 256 g/mol. The molecule has 0 aliphatic rings. The van der Waals surface area contributed by atoms with Gasteiger partial charge in [0.25, 0.3) is 0 Å². The van der Waals surface area contributed by atoms with Crippen LogP contribution in [0.3, 0.4) is 0 Å². The van der Waals surface area contributed by atoms with Crippen molar-refractivity contribution in [1.82, 2.24) is 9.36 Å². The predicted molar refractivity (Wildman–Crippen MR) is 81.5 cm³/mol. The zero-order valence-corrected chi connectivity index (χ0v) is 12.6. The van der Waals surface area contributed by atoms with Crippen molar-refractivity contribution in [1.29, 1.82) is 0 Å². The number of hydrogen-bond acceptors (Lipinski definition) is 5. The molecule has 0 fully saturated rings. The van der Waals surface area contributed by atoms with Crippen molar-refractivity contribution in [2.24, 2.45) is 0 Å². The lowest BCUT2D eigenvalue weighted by molar-refractivity contribution is 0.555. The summed E-state index contributed by atoms with van der Waals surface area (Å²) in [6.45, 7) is 8.40. The van der Waals surface area contributed by atoms with Crippen LogP contribution < -0.4 is 11.1 Å². The standard InChI is InChI=1S/C14H20N4S/c1-9(10-7-5-6-8-11(10)15)16-13-17-12(18-19-13)14(2,3)4/h5-9H,15H2,1-4H3,(H,16,17,18). The Morgan fingerprint density at radius 2 is 1.95 bits per heavy atom. The minimum Gasteiger partial charge on any atom is -0.398 e. The third-order valence-corrected chi connectivity index (χ3v) is 3.55. The average Bonchev–Trinajstić information content (AvgIpc) is 2.77. The highest BCUT2D eigenvalue weighted by atomic mass is 32.1. The zero-order chi connectivity index (χ0) is 14.0. The van der Waals surface area contributed by atoms with Gasteiger partial charge in [-0.3, -0.25) is 0 Å². The van der Waals surface area contributed by atoms with Gasteiger partial charge < -0.3 is 11.1 Å². The molecule has 1 atom stereocenters. The number of benzene rings is 1. The van der Waals surface area contributed by atoms with Gasteiger partial charge in [0.2, 0.25) is 5.13 Å². The third-order valence-electron chi connectivity index (χ3n) is 2.90. The Balaban J connectivity index is 2.14. The zero-order valence-electron chi connectivity index (χ0n) is 11.8. The van der Waals surface area contributed by atoms with Crippen LogP contribution >= 0.6 is 11.5 Å². The van der Waals surface area contributed by atoms with E-state index in [1.54, 1.807) is 0 Å². The van der Waals surface area contributed by atoms with E-state index in [1.165, 1.54) is 11.5 Å². The molecule has 3 N–H and O–H groups in total. The normalized spacial score (nSPS) is 13.3. The van der Waals surface area contributed by atoms with E-state index in [-0.39, 0.29) is 11.5 Å². The average molecular weight is 276 g/mol. The highest BCUT2D eigenvalue weighted by molar-refractivity contribution is 7.09. The summed E-state index contributed by atoms with van der Waals surface area (Å²) in [6, 6.07) is 7.98. The fourth-order valence-corrected chi connectivity index (χ4v) is 2.60. The number of nitrogens with one attached hydrogen (secondary N) is 1. The summed E-state index contributed by atoms with van der Waals surface area (Å²) in [4.78, 5) is 4.53. The molecule has 0 saturated carbocycles. The van der Waals surface area contributed by atoms with Crippen molar-refractivity contribution in [2.75, 3.05) is 11.1 Å². The van der Waals surface area contributed by atoms with Crippen LogP contribution in [0.15, 0.2) is 24.3 Å². The van der Waals surface area contributed by atoms with E-state index in [4.69, 9.17) is 5.73 Å². The van der Waals surface area contributed by atoms with Gasteiger partial charge in [0.05, 0.1) is 6.04 Å². The molecule has 1 aromatic carbocycles. The van der Waals surface area contributed by atoms with Gasteiger partial charge in [-0.2, -0.15) is 4.37 Å². The molecule has 0 aliphatic carbocycles. The maximum absolute atomic E-state index is 5.98. The number of anilines is 2. The van der Waals surface area contributed by atoms with Crippen LogP contribution in [0.4, 0.5) is 10.8 Å². The Morgan fingerprint density at radius 3 is 2.53 bits per heavy atom. The Labute approximate surface area is 118 Å². The highest BCUT2D eigenvalue weighted by Gasteiger charge is 2.20. The van der Waals surface area contributed by atoms with E-state index in [2.05, 4.69) is 42.4 Å². The molecule has 1 unspecified atom stereocenters. The summed E-state index contributed by atoms with van der Waals surface area (Å²) in [7, 11) is 0. The van der Waals surface area contributed by atoms with Gasteiger partial charge in [0.15, 0.2) is 0 Å². The predicted octanol–water partition coefficient (Wildman–Crippen LogP) is 3.59. The summed E-state index contributed by atoms with van der Waals surface area (Å²) < 4.78 is 4.39. The summed E-state index contributed by atoms with van der Waals surface area (Å²) in [5.41, 5.74) is 7.83. The van der Waals surface area contributed by atoms with Crippen molar-refractivity contribution < 1.29 is 0 Å². The summed E-state index contributed by atoms with van der Waals surface area (Å²) in [6.07, 6.45) is 0. The molecule has 19 heavy (non-hydrogen) atoms. The van der Waals surface area contributed by atoms with Crippen LogP contribution in [-0.4, -0.2) is 9.36 Å². The summed E-state index contributed by atoms with van der Waals surface area (Å²) >= 11 is 1.39. The van der Waals surface area contributed by atoms with Gasteiger partial charge in [-0.25, -0.2) is 4.98 Å². The van der Waals surface area contributed by atoms with E-state index in [0.717, 1.165) is 22.2 Å². The van der Waals surface area contributed by atoms with Crippen LogP contribution in [-0.2, 0) is 5.41 Å². The topological polar surface area (TPSA) is 63.8 Å². The Morgan fingerprint density at radius 1 is 1.26 bits per heavy atom. The van der Waals surface area contributed by atoms with Crippen LogP contribution in [0.5, 0.6) is 0 Å². The third kappa shape index (κ3) is 3.23. The van der Waals surface area contributed by atoms with Crippen LogP contribution in [0.2, 0.25) is 0 Å². The largest absolute Gasteiger partial charge is 0.398 e. The van der Waals surface area contributed by atoms with Gasteiger partial charge in [-0.05, 0) is 18.6 Å². The van der Waals surface area contributed by atoms with E-state index in [1.807, 2.05) is 24.3 Å². The van der Waals surface area contributed by atoms with Crippen molar-refractivity contribution in [3.05, 3.63) is 35.7 Å². The van der Waals surface area contributed by atoms with Gasteiger partial charge in [-0.1, -0.05) is 39.0 Å². The number of nitrogens with zero attached hydrogens (tertiary/aromatic N) is 2. The molecule has 0 spiro atoms. The maximum Gasteiger partial charge on any atom is 0.203 e. The first-order valence-corrected chi connectivity index (χ1v) is 7.10. The quantitative estimate of drug-likeness (QED) is 0.841. The smallest absolute Gasteiger partial charge is 0.203 e. The highest BCUT2D eigenvalue weighted by Crippen LogP contribution is 2.27. The Hall–Kier alpha value is -1.62. The number of nitrogen functional groups attached to an aromatic ring is 1. The molecular formula is C14H20N4S. The molecule has 2 rings (SSSR count). The van der Waals surface area contributed by atoms with Gasteiger partial charge in [0, 0.05) is 22.6 Å². The lowest BCUT2D eigenvalue weighted by Crippen LogP contribution is -2.14. The number of aromatic nitrogens is 2. The van der Waals surface area contributed by atoms with Crippen molar-refractivity contribution in [2.45, 2.75) is 39.2 Å². The number of hydrogen-bond donors (Lipinski definition) is 2. The molecule has 0 saturated heterocycles. The lowest BCUT2D eigenvalue weighted by atomic mass is 9.96. The van der Waals surface area contributed by atoms with Crippen molar-refractivity contribution in [3.8, 4) is 0 Å². The second-order valence-corrected chi connectivity index (χ2v) is 6.42. The van der Waals surface area contributed by atoms with Crippen LogP contribution in [0, 0.1) is 0 Å². The molecule has 2 aromatic rings. The number of para-hydroxylation sites is 1. The molecule has 0 aliphatic heterocycles. The van der Waals surface area contributed by atoms with Gasteiger partial charge >= 0.3 is 0 Å². The lowest BCUT2D eigenvalue weighted by Gasteiger charge is -2.15. The van der Waals surface area contributed by atoms with Crippen molar-refractivity contribution >= 4 is 22.4 Å². The molecule has 102 valence electrons. The van der Waals surface area contributed by atoms with E-state index in [0.29, 0.717) is 0 Å². The Bertz CT molecular complexity index is 557. The van der Waals surface area contributed by atoms with Crippen LogP contribution in [0.25, 0.3) is 0 Å². The monoisotopic (exact) mass is 276 g/mol. The molecule has 1 heterocycles. The summed E-state index contributed by atoms with van der Waals surface area (Å²) in [5.74, 6) is 0.869. The van der Waals surface area contributed by atoms with Crippen molar-refractivity contribution in [3.63, 3.8) is 0 Å². The molecule has 5 heteroatoms. The molecule has 4 nitrogen and oxygen atoms in total. The first-order valence-electron chi connectivity index (χ1n) is 6.33. The molecule has 1 aromatic heterocycles. The van der Waals surface area contributed by atoms with Gasteiger partial charge in [-0.15, -0.1) is 0 Å². The fourth-order valence-electron chi connectivity index (χ4n) is 1.75. The molecule has 0 radical (unpaired) electrons. The molecule has 0 amide bonds. The minimum absolute atomic E-state index is 0.0224. The minimum atomic E-state index is -0.0224. The molecule has 0 bridgehead atoms. The van der Waals surface area contributed by atoms with Gasteiger partial charge in [0.1, 0.15) is 5.82 Å². The van der Waals surface area contributed by atoms with Crippen LogP contribution in [0.1, 0.15) is 45.1 Å². The number of nitrogens with two attached hydrogens (primary N) is 1. The van der Waals surface area contributed by atoms with E-state index < -0.39 is 0 Å². The number of rotatable bonds is 3. The van der Waals surface area contributed by atoms with E-state index in [9.17, 15) is 0 Å². The fraction of sp³-hybridized carbons (Fsp3) is 0.429. The second-order valence-electron chi connectivity index (χ2n) is 5.67. The SMILES string of the molecule is CC(Nc1nc(C(C)(C)C)ns1)c1ccccc1N. The second kappa shape index (κ2) is 5.17. The maximum atomic E-state index is 5.98. The Kier molecular flexibility index (Phi) is 3.75. The first kappa shape index (κ1) is 13.8. The first-order chi connectivity index (χ1) is 8.88. The summed E-state index contributed by atoms with van der Waals surface area (Å²) in [5, 5.41) is 4.19.